The smallest absolute Gasteiger partial charge is 0.649 e. The van der Waals surface area contributed by atoms with E-state index < -0.39 is 16.4 Å². The first-order chi connectivity index (χ1) is 12.6. The van der Waals surface area contributed by atoms with Crippen LogP contribution in [0.15, 0.2) is 0 Å². The van der Waals surface area contributed by atoms with Crippen LogP contribution in [0.3, 0.4) is 0 Å². The monoisotopic (exact) mass is 509 g/mol. The minimum atomic E-state index is -0.507. The Morgan fingerprint density at radius 1 is 0.516 bits per heavy atom. The fourth-order valence-corrected chi connectivity index (χ4v) is 5.55. The van der Waals surface area contributed by atoms with Gasteiger partial charge in [-0.2, -0.15) is 0 Å². The van der Waals surface area contributed by atoms with E-state index in [0.29, 0.717) is 0 Å². The van der Waals surface area contributed by atoms with Crippen molar-refractivity contribution in [2.75, 3.05) is 26.5 Å². The van der Waals surface area contributed by atoms with Gasteiger partial charge in [-0.05, 0) is 13.8 Å². The van der Waals surface area contributed by atoms with Gasteiger partial charge < -0.3 is 41.5 Å². The second kappa shape index (κ2) is 20.0. The molecule has 0 aromatic carbocycles. The molecule has 0 heterocycles. The molecule has 0 N–H and O–H groups in total. The van der Waals surface area contributed by atoms with Gasteiger partial charge in [0.15, 0.2) is 0 Å². The largest absolute Gasteiger partial charge is 3.00 e. The zero-order chi connectivity index (χ0) is 24.1. The Labute approximate surface area is 222 Å². The summed E-state index contributed by atoms with van der Waals surface area (Å²) in [6.07, 6.45) is 0. The van der Waals surface area contributed by atoms with Crippen LogP contribution in [0.5, 0.6) is 0 Å². The molecule has 31 heavy (non-hydrogen) atoms. The van der Waals surface area contributed by atoms with E-state index in [1.807, 2.05) is 13.8 Å². The first kappa shape index (κ1) is 42.9. The van der Waals surface area contributed by atoms with Crippen LogP contribution in [0.1, 0.15) is 96.9 Å². The SMILES string of the molecule is CCOCC.CP([N-]C(C)(C)C)[N-]C(C)(C)C.CP([N-]C(C)(C)C)[N-]C(C)(C)C.[Cr+3].[Li+]. The molecule has 0 fully saturated rings. The first-order valence-corrected chi connectivity index (χ1v) is 14.0. The second-order valence-electron chi connectivity index (χ2n) is 10.8. The summed E-state index contributed by atoms with van der Waals surface area (Å²) in [5, 5.41) is 18.4. The maximum Gasteiger partial charge on any atom is 3.00 e. The van der Waals surface area contributed by atoms with Gasteiger partial charge in [0.1, 0.15) is 0 Å². The van der Waals surface area contributed by atoms with Crippen LogP contribution < -0.4 is 18.9 Å². The molecule has 1 radical (unpaired) electrons. The van der Waals surface area contributed by atoms with Gasteiger partial charge in [-0.3, -0.25) is 0 Å². The van der Waals surface area contributed by atoms with Crippen molar-refractivity contribution in [1.82, 2.24) is 0 Å². The number of nitrogens with zero attached hydrogens (tertiary/aromatic N) is 4. The van der Waals surface area contributed by atoms with Gasteiger partial charge in [-0.25, -0.2) is 0 Å². The Kier molecular flexibility index (Phi) is 27.7. The zero-order valence-electron chi connectivity index (χ0n) is 23.9. The summed E-state index contributed by atoms with van der Waals surface area (Å²) in [4.78, 5) is 0. The summed E-state index contributed by atoms with van der Waals surface area (Å²) in [5.74, 6) is 0. The molecule has 0 aromatic rings. The van der Waals surface area contributed by atoms with Crippen LogP contribution >= 0.6 is 16.4 Å². The van der Waals surface area contributed by atoms with Crippen LogP contribution in [0.25, 0.3) is 20.3 Å². The molecule has 0 aliphatic rings. The molecular formula is C22H52CrLiN4OP2. The summed E-state index contributed by atoms with van der Waals surface area (Å²) >= 11 is 0. The van der Waals surface area contributed by atoms with E-state index in [9.17, 15) is 0 Å². The first-order valence-electron chi connectivity index (χ1n) is 10.6. The Hall–Kier alpha value is 1.79. The molecule has 0 aliphatic heterocycles. The van der Waals surface area contributed by atoms with Gasteiger partial charge in [0.2, 0.25) is 0 Å². The van der Waals surface area contributed by atoms with E-state index >= 15 is 0 Å². The third kappa shape index (κ3) is 49.8. The Bertz CT molecular complexity index is 325. The van der Waals surface area contributed by atoms with Crippen molar-refractivity contribution in [3.63, 3.8) is 0 Å². The molecule has 0 unspecified atom stereocenters. The maximum absolute atomic E-state index is 4.83. The number of rotatable bonds is 6. The normalized spacial score (nSPS) is 12.2. The standard InChI is InChI=1S/2C9H21N2P.C4H10O.Cr.Li/c2*1-8(2,3)10-12(7)11-9(4,5)6;1-3-5-4-2;;/h2*1-7H3;3-4H2,1-2H3;;/q2*-2;;+3;+1. The van der Waals surface area contributed by atoms with Gasteiger partial charge in [0.25, 0.3) is 0 Å². The third-order valence-electron chi connectivity index (χ3n) is 2.19. The van der Waals surface area contributed by atoms with Crippen molar-refractivity contribution in [2.45, 2.75) is 119 Å². The minimum absolute atomic E-state index is 0. The molecule has 9 heteroatoms. The Morgan fingerprint density at radius 3 is 0.742 bits per heavy atom. The van der Waals surface area contributed by atoms with E-state index in [4.69, 9.17) is 4.74 Å². The molecular weight excluding hydrogens is 457 g/mol. The molecule has 183 valence electrons. The van der Waals surface area contributed by atoms with E-state index in [2.05, 4.69) is 117 Å². The van der Waals surface area contributed by atoms with Crippen LogP contribution in [-0.2, 0) is 22.1 Å². The number of hydrogen-bond acceptors (Lipinski definition) is 1. The van der Waals surface area contributed by atoms with Crippen molar-refractivity contribution >= 4 is 16.4 Å². The molecule has 0 saturated carbocycles. The van der Waals surface area contributed by atoms with Crippen LogP contribution in [-0.4, -0.2) is 48.7 Å². The predicted octanol–water partition coefficient (Wildman–Crippen LogP) is 6.59. The van der Waals surface area contributed by atoms with Gasteiger partial charge in [0, 0.05) is 13.2 Å². The maximum atomic E-state index is 4.83. The van der Waals surface area contributed by atoms with Crippen molar-refractivity contribution < 1.29 is 41.0 Å². The van der Waals surface area contributed by atoms with E-state index in [-0.39, 0.29) is 58.4 Å². The summed E-state index contributed by atoms with van der Waals surface area (Å²) in [7, 11) is -1.01. The van der Waals surface area contributed by atoms with Crippen LogP contribution in [0.2, 0.25) is 0 Å². The molecule has 0 aliphatic carbocycles. The molecule has 0 spiro atoms. The second-order valence-corrected chi connectivity index (χ2v) is 13.6. The third-order valence-corrected chi connectivity index (χ3v) is 5.74. The van der Waals surface area contributed by atoms with E-state index in [0.717, 1.165) is 13.2 Å². The molecule has 0 amide bonds. The fraction of sp³-hybridized carbons (Fsp3) is 1.00. The van der Waals surface area contributed by atoms with Gasteiger partial charge >= 0.3 is 36.2 Å². The molecule has 0 aromatic heterocycles. The molecule has 0 saturated heterocycles. The van der Waals surface area contributed by atoms with Crippen molar-refractivity contribution in [3.05, 3.63) is 20.3 Å². The quantitative estimate of drug-likeness (QED) is 0.294. The van der Waals surface area contributed by atoms with Crippen molar-refractivity contribution in [2.24, 2.45) is 0 Å². The molecule has 0 rings (SSSR count). The Morgan fingerprint density at radius 2 is 0.677 bits per heavy atom. The van der Waals surface area contributed by atoms with E-state index in [1.165, 1.54) is 0 Å². The molecule has 0 bridgehead atoms. The van der Waals surface area contributed by atoms with Gasteiger partial charge in [-0.1, -0.05) is 96.4 Å². The summed E-state index contributed by atoms with van der Waals surface area (Å²) in [6, 6.07) is 0. The average Bonchev–Trinajstić information content (AvgIpc) is 2.30. The van der Waals surface area contributed by atoms with Gasteiger partial charge in [0.05, 0.1) is 0 Å². The van der Waals surface area contributed by atoms with E-state index in [1.54, 1.807) is 0 Å². The average molecular weight is 510 g/mol. The van der Waals surface area contributed by atoms with Crippen molar-refractivity contribution in [3.8, 4) is 0 Å². The number of hydrogen-bond donors (Lipinski definition) is 0. The van der Waals surface area contributed by atoms with Crippen molar-refractivity contribution in [1.29, 1.82) is 0 Å². The molecule has 5 nitrogen and oxygen atoms in total. The molecule has 0 atom stereocenters. The van der Waals surface area contributed by atoms with Crippen LogP contribution in [0, 0.1) is 0 Å². The summed E-state index contributed by atoms with van der Waals surface area (Å²) in [6.45, 7) is 35.3. The predicted molar refractivity (Wildman–Crippen MR) is 140 cm³/mol. The summed E-state index contributed by atoms with van der Waals surface area (Å²) in [5.41, 5.74) is 0.203. The zero-order valence-corrected chi connectivity index (χ0v) is 27.0. The Balaban J connectivity index is -0.000000114. The summed E-state index contributed by atoms with van der Waals surface area (Å²) < 4.78 is 4.83. The minimum Gasteiger partial charge on any atom is -0.649 e. The van der Waals surface area contributed by atoms with Gasteiger partial charge in [-0.15, -0.1) is 22.2 Å². The number of ether oxygens (including phenoxy) is 1. The fourth-order valence-electron chi connectivity index (χ4n) is 1.99. The topological polar surface area (TPSA) is 65.6 Å². The van der Waals surface area contributed by atoms with Crippen LogP contribution in [0.4, 0.5) is 0 Å².